The van der Waals surface area contributed by atoms with Crippen molar-refractivity contribution in [3.8, 4) is 16.2 Å². The van der Waals surface area contributed by atoms with E-state index in [2.05, 4.69) is 38.1 Å². The summed E-state index contributed by atoms with van der Waals surface area (Å²) in [5.74, 6) is 0.530. The molecule has 0 radical (unpaired) electrons. The molecule has 7 heteroatoms. The lowest BCUT2D eigenvalue weighted by atomic mass is 10.1. The summed E-state index contributed by atoms with van der Waals surface area (Å²) in [6.07, 6.45) is 3.39. The smallest absolute Gasteiger partial charge is 0.246 e. The molecule has 0 bridgehead atoms. The number of nitrogens with zero attached hydrogens (tertiary/aromatic N) is 3. The number of halogens is 1. The lowest BCUT2D eigenvalue weighted by molar-refractivity contribution is -0.116. The predicted molar refractivity (Wildman–Crippen MR) is 114 cm³/mol. The minimum absolute atomic E-state index is 0.205. The Hall–Kier alpha value is -2.51. The van der Waals surface area contributed by atoms with Crippen molar-refractivity contribution in [1.82, 2.24) is 4.98 Å². The van der Waals surface area contributed by atoms with Crippen molar-refractivity contribution >= 4 is 44.5 Å². The standard InChI is InChI=1S/C20H18BrN3O2S/c1-13-4-7-16(8-5-13)19-12-22-20(27-19)24(14(2)25)23-11-15-6-9-18(26-3)17(21)10-15/h4-12H,1-3H3/b23-11+. The van der Waals surface area contributed by atoms with Crippen LogP contribution in [0.15, 0.2) is 58.2 Å². The van der Waals surface area contributed by atoms with Crippen molar-refractivity contribution in [2.45, 2.75) is 13.8 Å². The zero-order valence-electron chi connectivity index (χ0n) is 15.1. The number of benzene rings is 2. The normalized spacial score (nSPS) is 11.0. The maximum atomic E-state index is 12.1. The van der Waals surface area contributed by atoms with Crippen LogP contribution in [0.3, 0.4) is 0 Å². The molecule has 0 atom stereocenters. The van der Waals surface area contributed by atoms with E-state index in [1.165, 1.54) is 28.8 Å². The number of carbonyl (C=O) groups is 1. The first-order chi connectivity index (χ1) is 13.0. The number of rotatable bonds is 5. The van der Waals surface area contributed by atoms with Gasteiger partial charge in [-0.25, -0.2) is 4.98 Å². The van der Waals surface area contributed by atoms with Crippen LogP contribution in [0, 0.1) is 6.92 Å². The quantitative estimate of drug-likeness (QED) is 0.398. The molecule has 27 heavy (non-hydrogen) atoms. The van der Waals surface area contributed by atoms with Crippen LogP contribution in [-0.4, -0.2) is 24.2 Å². The number of hydrazone groups is 1. The van der Waals surface area contributed by atoms with Crippen LogP contribution < -0.4 is 9.75 Å². The second-order valence-corrected chi connectivity index (χ2v) is 7.71. The molecule has 0 N–H and O–H groups in total. The SMILES string of the molecule is COc1ccc(/C=N/N(C(C)=O)c2ncc(-c3ccc(C)cc3)s2)cc1Br. The second-order valence-electron chi connectivity index (χ2n) is 5.84. The molecule has 0 saturated heterocycles. The molecule has 1 amide bonds. The highest BCUT2D eigenvalue weighted by Gasteiger charge is 2.15. The number of carbonyl (C=O) groups excluding carboxylic acids is 1. The van der Waals surface area contributed by atoms with E-state index in [9.17, 15) is 4.79 Å². The Balaban J connectivity index is 1.85. The average Bonchev–Trinajstić information content (AvgIpc) is 3.12. The maximum Gasteiger partial charge on any atom is 0.246 e. The zero-order chi connectivity index (χ0) is 19.4. The third kappa shape index (κ3) is 4.61. The van der Waals surface area contributed by atoms with E-state index >= 15 is 0 Å². The van der Waals surface area contributed by atoms with Gasteiger partial charge in [-0.2, -0.15) is 10.1 Å². The lowest BCUT2D eigenvalue weighted by Crippen LogP contribution is -2.22. The van der Waals surface area contributed by atoms with Crippen molar-refractivity contribution in [3.63, 3.8) is 0 Å². The van der Waals surface area contributed by atoms with Gasteiger partial charge in [0.1, 0.15) is 5.75 Å². The van der Waals surface area contributed by atoms with E-state index in [0.29, 0.717) is 5.13 Å². The zero-order valence-corrected chi connectivity index (χ0v) is 17.5. The topological polar surface area (TPSA) is 54.8 Å². The Bertz CT molecular complexity index is 983. The largest absolute Gasteiger partial charge is 0.496 e. The summed E-state index contributed by atoms with van der Waals surface area (Å²) < 4.78 is 6.04. The van der Waals surface area contributed by atoms with Gasteiger partial charge in [0.15, 0.2) is 0 Å². The Labute approximate surface area is 170 Å². The van der Waals surface area contributed by atoms with Crippen LogP contribution in [0.4, 0.5) is 5.13 Å². The summed E-state index contributed by atoms with van der Waals surface area (Å²) in [5, 5.41) is 6.16. The van der Waals surface area contributed by atoms with Gasteiger partial charge in [0.2, 0.25) is 11.0 Å². The van der Waals surface area contributed by atoms with Gasteiger partial charge in [0.25, 0.3) is 0 Å². The van der Waals surface area contributed by atoms with E-state index in [0.717, 1.165) is 26.2 Å². The van der Waals surface area contributed by atoms with Crippen molar-refractivity contribution in [1.29, 1.82) is 0 Å². The van der Waals surface area contributed by atoms with Crippen molar-refractivity contribution in [2.75, 3.05) is 12.1 Å². The first-order valence-electron chi connectivity index (χ1n) is 8.19. The van der Waals surface area contributed by atoms with Crippen molar-refractivity contribution < 1.29 is 9.53 Å². The monoisotopic (exact) mass is 443 g/mol. The number of aromatic nitrogens is 1. The molecular weight excluding hydrogens is 426 g/mol. The van der Waals surface area contributed by atoms with Crippen molar-refractivity contribution in [3.05, 3.63) is 64.3 Å². The summed E-state index contributed by atoms with van der Waals surface area (Å²) in [6, 6.07) is 13.8. The molecular formula is C20H18BrN3O2S. The van der Waals surface area contributed by atoms with Gasteiger partial charge in [0.05, 0.1) is 22.7 Å². The van der Waals surface area contributed by atoms with Crippen LogP contribution in [0.2, 0.25) is 0 Å². The highest BCUT2D eigenvalue weighted by Crippen LogP contribution is 2.31. The van der Waals surface area contributed by atoms with Gasteiger partial charge in [0, 0.05) is 13.1 Å². The minimum atomic E-state index is -0.205. The number of thiazole rings is 1. The van der Waals surface area contributed by atoms with Crippen LogP contribution in [0.1, 0.15) is 18.1 Å². The molecule has 3 rings (SSSR count). The summed E-state index contributed by atoms with van der Waals surface area (Å²) in [7, 11) is 1.61. The average molecular weight is 444 g/mol. The second kappa shape index (κ2) is 8.45. The summed E-state index contributed by atoms with van der Waals surface area (Å²) >= 11 is 4.87. The maximum absolute atomic E-state index is 12.1. The molecule has 2 aromatic carbocycles. The van der Waals surface area contributed by atoms with E-state index in [1.54, 1.807) is 19.5 Å². The fourth-order valence-corrected chi connectivity index (χ4v) is 3.85. The molecule has 5 nitrogen and oxygen atoms in total. The van der Waals surface area contributed by atoms with Gasteiger partial charge in [-0.15, -0.1) is 0 Å². The predicted octanol–water partition coefficient (Wildman–Crippen LogP) is 5.28. The highest BCUT2D eigenvalue weighted by atomic mass is 79.9. The molecule has 138 valence electrons. The molecule has 0 aliphatic carbocycles. The van der Waals surface area contributed by atoms with E-state index < -0.39 is 0 Å². The number of amides is 1. The molecule has 0 aliphatic heterocycles. The molecule has 0 spiro atoms. The first-order valence-corrected chi connectivity index (χ1v) is 9.80. The molecule has 0 fully saturated rings. The Morgan fingerprint density at radius 1 is 1.26 bits per heavy atom. The van der Waals surface area contributed by atoms with Crippen LogP contribution in [0.25, 0.3) is 10.4 Å². The molecule has 3 aromatic rings. The molecule has 1 aromatic heterocycles. The van der Waals surface area contributed by atoms with Gasteiger partial charge < -0.3 is 4.74 Å². The molecule has 0 saturated carbocycles. The Morgan fingerprint density at radius 3 is 2.63 bits per heavy atom. The minimum Gasteiger partial charge on any atom is -0.496 e. The number of methoxy groups -OCH3 is 1. The van der Waals surface area contributed by atoms with E-state index in [4.69, 9.17) is 4.74 Å². The number of hydrogen-bond acceptors (Lipinski definition) is 5. The van der Waals surface area contributed by atoms with Gasteiger partial charge >= 0.3 is 0 Å². The number of aryl methyl sites for hydroxylation is 1. The highest BCUT2D eigenvalue weighted by molar-refractivity contribution is 9.10. The third-order valence-corrected chi connectivity index (χ3v) is 5.45. The summed E-state index contributed by atoms with van der Waals surface area (Å²) in [6.45, 7) is 3.51. The summed E-state index contributed by atoms with van der Waals surface area (Å²) in [4.78, 5) is 17.4. The van der Waals surface area contributed by atoms with Gasteiger partial charge in [-0.3, -0.25) is 4.79 Å². The number of hydrogen-bond donors (Lipinski definition) is 0. The Morgan fingerprint density at radius 2 is 2.00 bits per heavy atom. The number of anilines is 1. The molecule has 1 heterocycles. The molecule has 0 unspecified atom stereocenters. The lowest BCUT2D eigenvalue weighted by Gasteiger charge is -2.10. The van der Waals surface area contributed by atoms with Crippen LogP contribution in [-0.2, 0) is 4.79 Å². The number of ether oxygens (including phenoxy) is 1. The first kappa shape index (κ1) is 19.3. The Kier molecular flexibility index (Phi) is 6.03. The van der Waals surface area contributed by atoms with Crippen LogP contribution >= 0.6 is 27.3 Å². The van der Waals surface area contributed by atoms with E-state index in [-0.39, 0.29) is 5.91 Å². The molecule has 0 aliphatic rings. The van der Waals surface area contributed by atoms with Crippen molar-refractivity contribution in [2.24, 2.45) is 5.10 Å². The van der Waals surface area contributed by atoms with Gasteiger partial charge in [-0.05, 0) is 52.2 Å². The third-order valence-electron chi connectivity index (χ3n) is 3.81. The summed E-state index contributed by atoms with van der Waals surface area (Å²) in [5.41, 5.74) is 3.10. The van der Waals surface area contributed by atoms with Crippen LogP contribution in [0.5, 0.6) is 5.75 Å². The van der Waals surface area contributed by atoms with E-state index in [1.807, 2.05) is 37.3 Å². The fraction of sp³-hybridized carbons (Fsp3) is 0.150. The van der Waals surface area contributed by atoms with Gasteiger partial charge in [-0.1, -0.05) is 41.2 Å². The fourth-order valence-electron chi connectivity index (χ4n) is 2.37.